The molecule has 0 bridgehead atoms. The molecule has 7 rings (SSSR count). The van der Waals surface area contributed by atoms with Crippen molar-refractivity contribution in [2.45, 2.75) is 52.4 Å². The van der Waals surface area contributed by atoms with Crippen LogP contribution in [0.1, 0.15) is 52.7 Å². The summed E-state index contributed by atoms with van der Waals surface area (Å²) in [6, 6.07) is 33.9. The summed E-state index contributed by atoms with van der Waals surface area (Å²) in [4.78, 5) is 9.53. The number of aromatic nitrogens is 2. The van der Waals surface area contributed by atoms with Gasteiger partial charge < -0.3 is 14.1 Å². The van der Waals surface area contributed by atoms with Gasteiger partial charge in [0.25, 0.3) is 0 Å². The second kappa shape index (κ2) is 10.6. The summed E-state index contributed by atoms with van der Waals surface area (Å²) in [5.41, 5.74) is 6.79. The third kappa shape index (κ3) is 5.34. The molecular formula is C38H32N2O2Pt. The van der Waals surface area contributed by atoms with Crippen molar-refractivity contribution < 1.29 is 30.2 Å². The molecule has 0 aliphatic carbocycles. The monoisotopic (exact) mass is 743 g/mol. The number of furan rings is 1. The summed E-state index contributed by atoms with van der Waals surface area (Å²) in [6.07, 6.45) is 1.80. The number of benzene rings is 4. The van der Waals surface area contributed by atoms with Gasteiger partial charge >= 0.3 is 21.1 Å². The van der Waals surface area contributed by atoms with Crippen molar-refractivity contribution in [1.82, 2.24) is 9.97 Å². The van der Waals surface area contributed by atoms with Crippen molar-refractivity contribution >= 4 is 32.8 Å². The largest absolute Gasteiger partial charge is 2.00 e. The van der Waals surface area contributed by atoms with Crippen LogP contribution in [0.15, 0.2) is 89.5 Å². The van der Waals surface area contributed by atoms with E-state index in [2.05, 4.69) is 107 Å². The molecule has 4 aromatic carbocycles. The predicted octanol–water partition coefficient (Wildman–Crippen LogP) is 10.3. The van der Waals surface area contributed by atoms with E-state index in [-0.39, 0.29) is 31.9 Å². The van der Waals surface area contributed by atoms with Gasteiger partial charge in [0.2, 0.25) is 5.71 Å². The van der Waals surface area contributed by atoms with E-state index < -0.39 is 0 Å². The number of pyridine rings is 2. The normalized spacial score (nSPS) is 12.2. The van der Waals surface area contributed by atoms with Crippen LogP contribution in [0.5, 0.6) is 11.5 Å². The Hall–Kier alpha value is -4.01. The van der Waals surface area contributed by atoms with E-state index in [1.165, 1.54) is 0 Å². The van der Waals surface area contributed by atoms with Crippen LogP contribution in [0.2, 0.25) is 0 Å². The Kier molecular flexibility index (Phi) is 7.17. The van der Waals surface area contributed by atoms with Gasteiger partial charge in [-0.15, -0.1) is 34.9 Å². The Morgan fingerprint density at radius 2 is 1.51 bits per heavy atom. The summed E-state index contributed by atoms with van der Waals surface area (Å²) < 4.78 is 12.9. The van der Waals surface area contributed by atoms with Gasteiger partial charge in [-0.05, 0) is 45.1 Å². The minimum atomic E-state index is -0.152. The van der Waals surface area contributed by atoms with E-state index >= 15 is 0 Å². The van der Waals surface area contributed by atoms with E-state index in [1.54, 1.807) is 6.20 Å². The molecule has 3 heterocycles. The van der Waals surface area contributed by atoms with Gasteiger partial charge in [0, 0.05) is 23.1 Å². The first kappa shape index (κ1) is 29.1. The predicted molar refractivity (Wildman–Crippen MR) is 170 cm³/mol. The molecule has 5 heteroatoms. The number of rotatable bonds is 4. The molecule has 0 saturated carbocycles. The molecule has 7 aromatic rings. The van der Waals surface area contributed by atoms with Crippen molar-refractivity contribution in [3.8, 4) is 34.0 Å². The van der Waals surface area contributed by atoms with E-state index in [9.17, 15) is 0 Å². The molecule has 4 nitrogen and oxygen atoms in total. The molecule has 216 valence electrons. The standard InChI is InChI=1S/C38H32N2O2.Pt/c1-37(2,3)27-18-26(31-20-25-14-13-23-10-9-12-32-34(23)35(25)36(40-31)42-32)19-28(22-27)41-33-21-24(30-11-7-8-17-39-30)15-16-29(33)38(4,5)6;/h7-18,20,22H,1-6H3;/q-2;+2. The zero-order valence-corrected chi connectivity index (χ0v) is 27.4. The van der Waals surface area contributed by atoms with Crippen LogP contribution in [-0.4, -0.2) is 9.97 Å². The molecule has 0 unspecified atom stereocenters. The Morgan fingerprint density at radius 1 is 0.698 bits per heavy atom. The van der Waals surface area contributed by atoms with E-state index in [4.69, 9.17) is 14.1 Å². The third-order valence-corrected chi connectivity index (χ3v) is 7.83. The molecule has 0 radical (unpaired) electrons. The second-order valence-electron chi connectivity index (χ2n) is 13.0. The zero-order chi connectivity index (χ0) is 29.2. The van der Waals surface area contributed by atoms with Crippen molar-refractivity contribution in [1.29, 1.82) is 0 Å². The van der Waals surface area contributed by atoms with Crippen LogP contribution in [0.25, 0.3) is 55.4 Å². The summed E-state index contributed by atoms with van der Waals surface area (Å²) in [6.45, 7) is 13.2. The molecule has 3 aromatic heterocycles. The van der Waals surface area contributed by atoms with Gasteiger partial charge in [-0.2, -0.15) is 0 Å². The zero-order valence-electron chi connectivity index (χ0n) is 25.1. The maximum atomic E-state index is 6.69. The van der Waals surface area contributed by atoms with Crippen LogP contribution in [0, 0.1) is 12.1 Å². The van der Waals surface area contributed by atoms with Gasteiger partial charge in [-0.3, -0.25) is 4.98 Å². The fraction of sp³-hybridized carbons (Fsp3) is 0.211. The van der Waals surface area contributed by atoms with E-state index in [0.717, 1.165) is 60.8 Å². The van der Waals surface area contributed by atoms with Crippen LogP contribution in [-0.2, 0) is 31.9 Å². The molecule has 0 fully saturated rings. The molecule has 0 aliphatic rings. The van der Waals surface area contributed by atoms with Gasteiger partial charge in [0.1, 0.15) is 5.58 Å². The Bertz CT molecular complexity index is 2080. The van der Waals surface area contributed by atoms with Crippen molar-refractivity contribution in [3.63, 3.8) is 0 Å². The van der Waals surface area contributed by atoms with E-state index in [1.807, 2.05) is 30.3 Å². The quantitative estimate of drug-likeness (QED) is 0.133. The first-order valence-corrected chi connectivity index (χ1v) is 14.3. The minimum Gasteiger partial charge on any atom is -0.496 e. The van der Waals surface area contributed by atoms with Crippen molar-refractivity contribution in [2.24, 2.45) is 0 Å². The molecule has 0 N–H and O–H groups in total. The first-order chi connectivity index (χ1) is 20.0. The average molecular weight is 744 g/mol. The molecule has 0 amide bonds. The SMILES string of the molecule is CC(C)(C)c1cc(Oc2[c-]c(-c3ccccn3)ccc2C(C)(C)C)[c-]c(-c2cc3ccc4cccc5oc(n2)c3c45)c1.[Pt+2]. The maximum absolute atomic E-state index is 6.69. The number of ether oxygens (including phenoxy) is 1. The maximum Gasteiger partial charge on any atom is 2.00 e. The van der Waals surface area contributed by atoms with Crippen LogP contribution in [0.4, 0.5) is 0 Å². The molecule has 0 spiro atoms. The summed E-state index contributed by atoms with van der Waals surface area (Å²) >= 11 is 0. The summed E-state index contributed by atoms with van der Waals surface area (Å²) in [5.74, 6) is 1.29. The van der Waals surface area contributed by atoms with Crippen LogP contribution in [0.3, 0.4) is 0 Å². The Labute approximate surface area is 266 Å². The van der Waals surface area contributed by atoms with Crippen LogP contribution < -0.4 is 4.74 Å². The smallest absolute Gasteiger partial charge is 0.496 e. The summed E-state index contributed by atoms with van der Waals surface area (Å²) in [5, 5.41) is 4.43. The van der Waals surface area contributed by atoms with Crippen LogP contribution >= 0.6 is 0 Å². The first-order valence-electron chi connectivity index (χ1n) is 14.3. The second-order valence-corrected chi connectivity index (χ2v) is 13.0. The molecule has 43 heavy (non-hydrogen) atoms. The topological polar surface area (TPSA) is 48.2 Å². The number of hydrogen-bond donors (Lipinski definition) is 0. The van der Waals surface area contributed by atoms with Crippen molar-refractivity contribution in [2.75, 3.05) is 0 Å². The number of nitrogens with zero attached hydrogens (tertiary/aromatic N) is 2. The Balaban J connectivity index is 0.00000329. The third-order valence-electron chi connectivity index (χ3n) is 7.83. The van der Waals surface area contributed by atoms with Gasteiger partial charge in [0.15, 0.2) is 0 Å². The Morgan fingerprint density at radius 3 is 2.26 bits per heavy atom. The summed E-state index contributed by atoms with van der Waals surface area (Å²) in [7, 11) is 0. The molecule has 0 saturated heterocycles. The fourth-order valence-corrected chi connectivity index (χ4v) is 5.55. The van der Waals surface area contributed by atoms with Crippen molar-refractivity contribution in [3.05, 3.63) is 108 Å². The molecular weight excluding hydrogens is 712 g/mol. The van der Waals surface area contributed by atoms with Gasteiger partial charge in [-0.25, -0.2) is 0 Å². The fourth-order valence-electron chi connectivity index (χ4n) is 5.55. The number of hydrogen-bond acceptors (Lipinski definition) is 4. The van der Waals surface area contributed by atoms with E-state index in [0.29, 0.717) is 17.2 Å². The van der Waals surface area contributed by atoms with Gasteiger partial charge in [-0.1, -0.05) is 108 Å². The van der Waals surface area contributed by atoms with Gasteiger partial charge in [0.05, 0.1) is 5.39 Å². The minimum absolute atomic E-state index is 0. The average Bonchev–Trinajstić information content (AvgIpc) is 3.35. The molecule has 0 atom stereocenters. The molecule has 0 aliphatic heterocycles.